The molecular weight excluding hydrogens is 631 g/mol. The van der Waals surface area contributed by atoms with Crippen molar-refractivity contribution >= 4 is 11.0 Å². The number of hydrogen-bond donors (Lipinski definition) is 0. The second kappa shape index (κ2) is 13.7. The van der Waals surface area contributed by atoms with Gasteiger partial charge in [0.15, 0.2) is 0 Å². The second-order valence-electron chi connectivity index (χ2n) is 12.8. The van der Waals surface area contributed by atoms with Crippen LogP contribution in [0.1, 0.15) is 0 Å². The maximum absolute atomic E-state index is 5.65. The third kappa shape index (κ3) is 5.85. The number of rotatable bonds is 7. The van der Waals surface area contributed by atoms with E-state index in [9.17, 15) is 0 Å². The molecule has 0 aliphatic rings. The Morgan fingerprint density at radius 2 is 0.635 bits per heavy atom. The quantitative estimate of drug-likeness (QED) is 0.170. The molecule has 0 spiro atoms. The molecule has 0 aliphatic carbocycles. The van der Waals surface area contributed by atoms with E-state index < -0.39 is 0 Å². The highest BCUT2D eigenvalue weighted by Crippen LogP contribution is 2.43. The molecule has 244 valence electrons. The van der Waals surface area contributed by atoms with Gasteiger partial charge in [0.05, 0.1) is 22.4 Å². The summed E-state index contributed by atoms with van der Waals surface area (Å²) in [5.74, 6) is 0. The molecule has 2 aromatic heterocycles. The van der Waals surface area contributed by atoms with Gasteiger partial charge in [-0.3, -0.25) is 4.98 Å². The fraction of sp³-hybridized carbons (Fsp3) is 0. The molecule has 0 saturated heterocycles. The van der Waals surface area contributed by atoms with Crippen LogP contribution in [0.15, 0.2) is 200 Å². The van der Waals surface area contributed by atoms with E-state index in [0.29, 0.717) is 0 Å². The van der Waals surface area contributed by atoms with Crippen LogP contribution in [-0.2, 0) is 0 Å². The molecule has 0 radical (unpaired) electrons. The predicted molar refractivity (Wildman–Crippen MR) is 215 cm³/mol. The number of pyridine rings is 1. The van der Waals surface area contributed by atoms with E-state index >= 15 is 0 Å². The molecule has 7 aromatic carbocycles. The Morgan fingerprint density at radius 3 is 1.10 bits per heavy atom. The monoisotopic (exact) mass is 663 g/mol. The maximum Gasteiger partial charge on any atom is 0.0979 e. The van der Waals surface area contributed by atoms with Crippen molar-refractivity contribution in [3.05, 3.63) is 200 Å². The first-order valence-electron chi connectivity index (χ1n) is 17.5. The van der Waals surface area contributed by atoms with E-state index in [2.05, 4.69) is 181 Å². The van der Waals surface area contributed by atoms with Crippen LogP contribution >= 0.6 is 0 Å². The minimum Gasteiger partial charge on any atom is -0.264 e. The molecule has 0 N–H and O–H groups in total. The Morgan fingerprint density at radius 1 is 0.250 bits per heavy atom. The Balaban J connectivity index is 1.35. The summed E-state index contributed by atoms with van der Waals surface area (Å²) in [6.07, 6.45) is 3.69. The molecule has 0 aliphatic heterocycles. The number of aromatic nitrogens is 3. The van der Waals surface area contributed by atoms with E-state index in [0.717, 1.165) is 89.2 Å². The van der Waals surface area contributed by atoms with Crippen molar-refractivity contribution in [1.82, 2.24) is 15.0 Å². The van der Waals surface area contributed by atoms with Gasteiger partial charge in [-0.25, -0.2) is 9.97 Å². The highest BCUT2D eigenvalue weighted by atomic mass is 14.8. The molecule has 0 fully saturated rings. The van der Waals surface area contributed by atoms with Crippen LogP contribution in [0.25, 0.3) is 89.2 Å². The van der Waals surface area contributed by atoms with Gasteiger partial charge < -0.3 is 0 Å². The number of benzene rings is 7. The van der Waals surface area contributed by atoms with Crippen LogP contribution in [0.5, 0.6) is 0 Å². The third-order valence-corrected chi connectivity index (χ3v) is 9.63. The van der Waals surface area contributed by atoms with Crippen LogP contribution in [0.4, 0.5) is 0 Å². The summed E-state index contributed by atoms with van der Waals surface area (Å²) < 4.78 is 0. The summed E-state index contributed by atoms with van der Waals surface area (Å²) >= 11 is 0. The molecule has 9 rings (SSSR count). The first-order valence-corrected chi connectivity index (χ1v) is 17.5. The van der Waals surface area contributed by atoms with Crippen LogP contribution in [0.2, 0.25) is 0 Å². The zero-order valence-corrected chi connectivity index (χ0v) is 28.4. The average molecular weight is 664 g/mol. The highest BCUT2D eigenvalue weighted by molar-refractivity contribution is 6.06. The lowest BCUT2D eigenvalue weighted by atomic mass is 9.89. The van der Waals surface area contributed by atoms with Gasteiger partial charge in [-0.1, -0.05) is 182 Å². The van der Waals surface area contributed by atoms with E-state index in [1.54, 1.807) is 6.20 Å². The molecule has 52 heavy (non-hydrogen) atoms. The van der Waals surface area contributed by atoms with Crippen molar-refractivity contribution in [2.75, 3.05) is 0 Å². The van der Waals surface area contributed by atoms with Crippen LogP contribution in [0.3, 0.4) is 0 Å². The summed E-state index contributed by atoms with van der Waals surface area (Å²) in [6, 6.07) is 65.9. The molecule has 0 unspecified atom stereocenters. The fourth-order valence-corrected chi connectivity index (χ4v) is 7.10. The summed E-state index contributed by atoms with van der Waals surface area (Å²) in [7, 11) is 0. The van der Waals surface area contributed by atoms with E-state index in [4.69, 9.17) is 9.97 Å². The van der Waals surface area contributed by atoms with Crippen molar-refractivity contribution in [2.45, 2.75) is 0 Å². The van der Waals surface area contributed by atoms with Crippen LogP contribution < -0.4 is 0 Å². The summed E-state index contributed by atoms with van der Waals surface area (Å²) in [5.41, 5.74) is 16.5. The largest absolute Gasteiger partial charge is 0.264 e. The number of fused-ring (bicyclic) bond motifs is 1. The number of hydrogen-bond acceptors (Lipinski definition) is 3. The van der Waals surface area contributed by atoms with Gasteiger partial charge in [0, 0.05) is 34.6 Å². The van der Waals surface area contributed by atoms with Crippen molar-refractivity contribution in [3.63, 3.8) is 0 Å². The van der Waals surface area contributed by atoms with Crippen LogP contribution in [-0.4, -0.2) is 15.0 Å². The molecule has 0 bridgehead atoms. The lowest BCUT2D eigenvalue weighted by Gasteiger charge is -2.19. The Kier molecular flexibility index (Phi) is 8.20. The molecule has 9 aromatic rings. The van der Waals surface area contributed by atoms with Gasteiger partial charge in [0.2, 0.25) is 0 Å². The molecule has 0 amide bonds. The van der Waals surface area contributed by atoms with Gasteiger partial charge in [0.25, 0.3) is 0 Å². The van der Waals surface area contributed by atoms with Gasteiger partial charge in [-0.05, 0) is 50.6 Å². The molecule has 3 heteroatoms. The number of nitrogens with zero attached hydrogens (tertiary/aromatic N) is 3. The van der Waals surface area contributed by atoms with Gasteiger partial charge in [-0.15, -0.1) is 0 Å². The second-order valence-corrected chi connectivity index (χ2v) is 12.8. The molecule has 0 saturated carbocycles. The van der Waals surface area contributed by atoms with Gasteiger partial charge in [-0.2, -0.15) is 0 Å². The summed E-state index contributed by atoms with van der Waals surface area (Å²) in [6.45, 7) is 0. The average Bonchev–Trinajstić information content (AvgIpc) is 3.24. The summed E-state index contributed by atoms with van der Waals surface area (Å²) in [5, 5.41) is 0. The highest BCUT2D eigenvalue weighted by Gasteiger charge is 2.21. The predicted octanol–water partition coefficient (Wildman–Crippen LogP) is 12.7. The van der Waals surface area contributed by atoms with E-state index in [1.165, 1.54) is 0 Å². The molecule has 3 nitrogen and oxygen atoms in total. The topological polar surface area (TPSA) is 38.7 Å². The Labute approximate surface area is 303 Å². The van der Waals surface area contributed by atoms with E-state index in [1.807, 2.05) is 18.3 Å². The molecule has 0 atom stereocenters. The smallest absolute Gasteiger partial charge is 0.0979 e. The Bertz CT molecular complexity index is 2640. The lowest BCUT2D eigenvalue weighted by Crippen LogP contribution is -2.00. The van der Waals surface area contributed by atoms with Crippen LogP contribution in [0, 0.1) is 0 Å². The van der Waals surface area contributed by atoms with Gasteiger partial charge in [0.1, 0.15) is 0 Å². The zero-order chi connectivity index (χ0) is 34.7. The first-order chi connectivity index (χ1) is 25.8. The fourth-order valence-electron chi connectivity index (χ4n) is 7.10. The standard InChI is InChI=1S/C49H33N3/c1-4-15-35(16-5-1)40-22-10-12-24-42(40)44-30-31-45(43-25-13-11-23-41(43)36-17-6-2-7-18-36)49-48(44)51-46(37-19-8-3-9-20-37)47(52-49)38-28-26-34(27-29-38)39-21-14-32-50-33-39/h1-33H. The van der Waals surface area contributed by atoms with Crippen molar-refractivity contribution < 1.29 is 0 Å². The summed E-state index contributed by atoms with van der Waals surface area (Å²) in [4.78, 5) is 15.6. The van der Waals surface area contributed by atoms with Crippen molar-refractivity contribution in [1.29, 1.82) is 0 Å². The Hall–Kier alpha value is -6.97. The maximum atomic E-state index is 5.65. The SMILES string of the molecule is c1ccc(-c2ccccc2-c2ccc(-c3ccccc3-c3ccccc3)c3nc(-c4ccc(-c5cccnc5)cc4)c(-c4ccccc4)nc23)cc1. The molecular formula is C49H33N3. The minimum atomic E-state index is 0.836. The molecule has 2 heterocycles. The van der Waals surface area contributed by atoms with Crippen molar-refractivity contribution in [3.8, 4) is 78.1 Å². The normalized spacial score (nSPS) is 11.1. The third-order valence-electron chi connectivity index (χ3n) is 9.63. The minimum absolute atomic E-state index is 0.836. The zero-order valence-electron chi connectivity index (χ0n) is 28.4. The first kappa shape index (κ1) is 31.0. The van der Waals surface area contributed by atoms with Gasteiger partial charge >= 0.3 is 0 Å². The van der Waals surface area contributed by atoms with E-state index in [-0.39, 0.29) is 0 Å². The van der Waals surface area contributed by atoms with Crippen molar-refractivity contribution in [2.24, 2.45) is 0 Å². The lowest BCUT2D eigenvalue weighted by molar-refractivity contribution is 1.29.